The maximum absolute atomic E-state index is 14.0. The third kappa shape index (κ3) is 7.14. The molecule has 214 valence electrons. The average Bonchev–Trinajstić information content (AvgIpc) is 2.95. The third-order valence-corrected chi connectivity index (χ3v) is 7.67. The lowest BCUT2D eigenvalue weighted by Crippen LogP contribution is -2.38. The van der Waals surface area contributed by atoms with E-state index in [4.69, 9.17) is 30.5 Å². The lowest BCUT2D eigenvalue weighted by atomic mass is 10.1. The molecule has 11 nitrogen and oxygen atoms in total. The first kappa shape index (κ1) is 30.5. The van der Waals surface area contributed by atoms with E-state index in [1.165, 1.54) is 77.0 Å². The molecule has 0 fully saturated rings. The van der Waals surface area contributed by atoms with Crippen LogP contribution in [0, 0.1) is 0 Å². The summed E-state index contributed by atoms with van der Waals surface area (Å²) in [6.07, 6.45) is 0. The first-order chi connectivity index (χ1) is 19.2. The van der Waals surface area contributed by atoms with Crippen molar-refractivity contribution < 1.29 is 37.0 Å². The van der Waals surface area contributed by atoms with E-state index in [9.17, 15) is 18.0 Å². The molecule has 0 spiro atoms. The highest BCUT2D eigenvalue weighted by Crippen LogP contribution is 2.37. The highest BCUT2D eigenvalue weighted by molar-refractivity contribution is 7.92. The highest BCUT2D eigenvalue weighted by atomic mass is 35.5. The molecule has 0 aliphatic rings. The van der Waals surface area contributed by atoms with Crippen LogP contribution in [0.4, 0.5) is 11.4 Å². The molecular weight excluding hydrogens is 562 g/mol. The molecule has 0 radical (unpaired) electrons. The molecule has 0 bridgehead atoms. The number of nitrogens with one attached hydrogen (secondary N) is 2. The summed E-state index contributed by atoms with van der Waals surface area (Å²) >= 11 is 6.21. The molecule has 0 aliphatic heterocycles. The highest BCUT2D eigenvalue weighted by Gasteiger charge is 2.31. The molecule has 13 heteroatoms. The van der Waals surface area contributed by atoms with Crippen LogP contribution in [-0.2, 0) is 19.6 Å². The predicted molar refractivity (Wildman–Crippen MR) is 151 cm³/mol. The van der Waals surface area contributed by atoms with Crippen molar-refractivity contribution in [3.05, 3.63) is 71.2 Å². The van der Waals surface area contributed by atoms with Gasteiger partial charge in [0.15, 0.2) is 11.5 Å². The van der Waals surface area contributed by atoms with Gasteiger partial charge in [0.25, 0.3) is 15.9 Å². The van der Waals surface area contributed by atoms with E-state index in [1.807, 2.05) is 0 Å². The Kier molecular flexibility index (Phi) is 10.6. The topological polar surface area (TPSA) is 132 Å². The maximum Gasteiger partial charge on any atom is 0.265 e. The molecule has 0 aliphatic carbocycles. The minimum atomic E-state index is -4.38. The summed E-state index contributed by atoms with van der Waals surface area (Å²) < 4.78 is 49.6. The fourth-order valence-corrected chi connectivity index (χ4v) is 5.34. The molecule has 0 aromatic heterocycles. The van der Waals surface area contributed by atoms with Gasteiger partial charge in [-0.15, -0.1) is 0 Å². The second-order valence-electron chi connectivity index (χ2n) is 8.19. The van der Waals surface area contributed by atoms with Gasteiger partial charge in [0, 0.05) is 24.7 Å². The first-order valence-corrected chi connectivity index (χ1v) is 13.7. The Bertz CT molecular complexity index is 1470. The summed E-state index contributed by atoms with van der Waals surface area (Å²) in [6.45, 7) is -0.0960. The average molecular weight is 592 g/mol. The summed E-state index contributed by atoms with van der Waals surface area (Å²) in [4.78, 5) is 25.8. The summed E-state index contributed by atoms with van der Waals surface area (Å²) in [5, 5.41) is 5.56. The van der Waals surface area contributed by atoms with Crippen LogP contribution in [0.2, 0.25) is 5.02 Å². The quantitative estimate of drug-likeness (QED) is 0.288. The Morgan fingerprint density at radius 2 is 1.55 bits per heavy atom. The van der Waals surface area contributed by atoms with Crippen LogP contribution in [0.15, 0.2) is 65.6 Å². The summed E-state index contributed by atoms with van der Waals surface area (Å²) in [5.41, 5.74) is 0.427. The van der Waals surface area contributed by atoms with Crippen LogP contribution in [0.1, 0.15) is 10.4 Å². The SMILES string of the molecule is COCCNC(=O)c1ccccc1NC(=O)CN(c1cc(Cl)ccc1OC)S(=O)(=O)c1ccc(OC)c(OC)c1. The molecule has 3 rings (SSSR count). The van der Waals surface area contributed by atoms with E-state index in [1.54, 1.807) is 12.1 Å². The molecule has 3 aromatic rings. The van der Waals surface area contributed by atoms with Crippen molar-refractivity contribution in [2.24, 2.45) is 0 Å². The standard InChI is InChI=1S/C27H30ClN3O8S/c1-36-14-13-29-27(33)20-7-5-6-8-21(20)30-26(32)17-31(22-15-18(28)9-11-23(22)37-2)40(34,35)19-10-12-24(38-3)25(16-19)39-4/h5-12,15-16H,13-14,17H2,1-4H3,(H,29,33)(H,30,32). The van der Waals surface area contributed by atoms with Crippen LogP contribution in [0.5, 0.6) is 17.2 Å². The molecule has 3 aromatic carbocycles. The number of carbonyl (C=O) groups is 2. The number of halogens is 1. The monoisotopic (exact) mass is 591 g/mol. The zero-order valence-electron chi connectivity index (χ0n) is 22.4. The zero-order valence-corrected chi connectivity index (χ0v) is 24.0. The second-order valence-corrected chi connectivity index (χ2v) is 10.5. The zero-order chi connectivity index (χ0) is 29.3. The summed E-state index contributed by atoms with van der Waals surface area (Å²) in [7, 11) is 1.30. The van der Waals surface area contributed by atoms with Gasteiger partial charge in [-0.2, -0.15) is 0 Å². The number of benzene rings is 3. The van der Waals surface area contributed by atoms with Gasteiger partial charge < -0.3 is 29.6 Å². The molecule has 2 amide bonds. The lowest BCUT2D eigenvalue weighted by molar-refractivity contribution is -0.114. The number of nitrogens with zero attached hydrogens (tertiary/aromatic N) is 1. The van der Waals surface area contributed by atoms with E-state index >= 15 is 0 Å². The first-order valence-electron chi connectivity index (χ1n) is 11.9. The normalized spacial score (nSPS) is 10.9. The molecule has 0 saturated carbocycles. The number of methoxy groups -OCH3 is 4. The van der Waals surface area contributed by atoms with Crippen molar-refractivity contribution in [3.8, 4) is 17.2 Å². The Morgan fingerprint density at radius 3 is 2.23 bits per heavy atom. The molecule has 0 heterocycles. The number of rotatable bonds is 13. The van der Waals surface area contributed by atoms with Crippen LogP contribution < -0.4 is 29.1 Å². The fraction of sp³-hybridized carbons (Fsp3) is 0.259. The minimum Gasteiger partial charge on any atom is -0.495 e. The summed E-state index contributed by atoms with van der Waals surface area (Å²) in [6, 6.07) is 14.8. The van der Waals surface area contributed by atoms with Gasteiger partial charge >= 0.3 is 0 Å². The number of para-hydroxylation sites is 1. The van der Waals surface area contributed by atoms with Gasteiger partial charge in [0.2, 0.25) is 5.91 Å². The van der Waals surface area contributed by atoms with Gasteiger partial charge in [0.1, 0.15) is 12.3 Å². The van der Waals surface area contributed by atoms with Crippen molar-refractivity contribution in [2.45, 2.75) is 4.90 Å². The number of sulfonamides is 1. The van der Waals surface area contributed by atoms with Gasteiger partial charge in [-0.3, -0.25) is 13.9 Å². The third-order valence-electron chi connectivity index (χ3n) is 5.68. The van der Waals surface area contributed by atoms with E-state index in [-0.39, 0.29) is 44.9 Å². The fourth-order valence-electron chi connectivity index (χ4n) is 3.73. The van der Waals surface area contributed by atoms with Crippen LogP contribution in [0.3, 0.4) is 0 Å². The number of anilines is 2. The van der Waals surface area contributed by atoms with Crippen LogP contribution >= 0.6 is 11.6 Å². The van der Waals surface area contributed by atoms with E-state index in [2.05, 4.69) is 10.6 Å². The second kappa shape index (κ2) is 13.9. The Hall–Kier alpha value is -4.00. The van der Waals surface area contributed by atoms with E-state index in [0.29, 0.717) is 12.4 Å². The molecule has 2 N–H and O–H groups in total. The Balaban J connectivity index is 2.01. The molecule has 0 unspecified atom stereocenters. The van der Waals surface area contributed by atoms with Gasteiger partial charge in [-0.05, 0) is 42.5 Å². The lowest BCUT2D eigenvalue weighted by Gasteiger charge is -2.26. The van der Waals surface area contributed by atoms with Gasteiger partial charge in [0.05, 0.1) is 49.8 Å². The van der Waals surface area contributed by atoms with E-state index in [0.717, 1.165) is 4.31 Å². The molecule has 0 atom stereocenters. The van der Waals surface area contributed by atoms with E-state index < -0.39 is 28.4 Å². The van der Waals surface area contributed by atoms with Gasteiger partial charge in [-0.25, -0.2) is 8.42 Å². The number of carbonyl (C=O) groups excluding carboxylic acids is 2. The van der Waals surface area contributed by atoms with Crippen molar-refractivity contribution in [2.75, 3.05) is 57.8 Å². The minimum absolute atomic E-state index is 0.0329. The Morgan fingerprint density at radius 1 is 0.875 bits per heavy atom. The van der Waals surface area contributed by atoms with Crippen molar-refractivity contribution in [1.82, 2.24) is 5.32 Å². The van der Waals surface area contributed by atoms with Crippen LogP contribution in [0.25, 0.3) is 0 Å². The number of hydrogen-bond acceptors (Lipinski definition) is 8. The smallest absolute Gasteiger partial charge is 0.265 e. The summed E-state index contributed by atoms with van der Waals surface area (Å²) in [5.74, 6) is -0.479. The van der Waals surface area contributed by atoms with Crippen molar-refractivity contribution in [3.63, 3.8) is 0 Å². The number of amides is 2. The molecule has 0 saturated heterocycles. The number of hydrogen-bond donors (Lipinski definition) is 2. The molecular formula is C27H30ClN3O8S. The Labute approximate surface area is 238 Å². The predicted octanol–water partition coefficient (Wildman–Crippen LogP) is 3.58. The molecule has 40 heavy (non-hydrogen) atoms. The van der Waals surface area contributed by atoms with Gasteiger partial charge in [-0.1, -0.05) is 23.7 Å². The number of ether oxygens (including phenoxy) is 4. The maximum atomic E-state index is 14.0. The van der Waals surface area contributed by atoms with Crippen molar-refractivity contribution in [1.29, 1.82) is 0 Å². The van der Waals surface area contributed by atoms with Crippen LogP contribution in [-0.4, -0.2) is 68.4 Å². The largest absolute Gasteiger partial charge is 0.495 e. The van der Waals surface area contributed by atoms with Crippen molar-refractivity contribution >= 4 is 44.8 Å².